The summed E-state index contributed by atoms with van der Waals surface area (Å²) in [7, 11) is 0. The van der Waals surface area contributed by atoms with Gasteiger partial charge in [0, 0.05) is 13.2 Å². The van der Waals surface area contributed by atoms with E-state index in [1.807, 2.05) is 24.3 Å². The molecule has 1 fully saturated rings. The van der Waals surface area contributed by atoms with Crippen molar-refractivity contribution in [1.29, 1.82) is 0 Å². The van der Waals surface area contributed by atoms with Gasteiger partial charge in [-0.3, -0.25) is 4.79 Å². The van der Waals surface area contributed by atoms with E-state index in [-0.39, 0.29) is 6.42 Å². The van der Waals surface area contributed by atoms with Crippen LogP contribution in [0.25, 0.3) is 0 Å². The van der Waals surface area contributed by atoms with Crippen molar-refractivity contribution < 1.29 is 14.6 Å². The smallest absolute Gasteiger partial charge is 0.307 e. The summed E-state index contributed by atoms with van der Waals surface area (Å²) in [6.45, 7) is 1.67. The van der Waals surface area contributed by atoms with E-state index in [9.17, 15) is 4.79 Å². The SMILES string of the molecule is O=C(O)Cc1ccc(C2CCOCC2)cc1. The number of hydrogen-bond acceptors (Lipinski definition) is 2. The number of ether oxygens (including phenoxy) is 1. The Balaban J connectivity index is 2.03. The van der Waals surface area contributed by atoms with Crippen molar-refractivity contribution in [3.8, 4) is 0 Å². The summed E-state index contributed by atoms with van der Waals surface area (Å²) < 4.78 is 5.32. The maximum Gasteiger partial charge on any atom is 0.307 e. The number of benzene rings is 1. The van der Waals surface area contributed by atoms with Gasteiger partial charge in [-0.25, -0.2) is 0 Å². The minimum absolute atomic E-state index is 0.105. The first-order chi connectivity index (χ1) is 7.75. The van der Waals surface area contributed by atoms with Gasteiger partial charge in [0.2, 0.25) is 0 Å². The van der Waals surface area contributed by atoms with E-state index in [1.54, 1.807) is 0 Å². The van der Waals surface area contributed by atoms with Crippen LogP contribution in [0.4, 0.5) is 0 Å². The molecule has 1 aromatic carbocycles. The molecule has 0 aromatic heterocycles. The van der Waals surface area contributed by atoms with Gasteiger partial charge < -0.3 is 9.84 Å². The average Bonchev–Trinajstić information content (AvgIpc) is 2.30. The molecule has 0 unspecified atom stereocenters. The van der Waals surface area contributed by atoms with Gasteiger partial charge in [-0.1, -0.05) is 24.3 Å². The molecular formula is C13H16O3. The average molecular weight is 220 g/mol. The van der Waals surface area contributed by atoms with E-state index in [1.165, 1.54) is 5.56 Å². The van der Waals surface area contributed by atoms with E-state index in [2.05, 4.69) is 0 Å². The fourth-order valence-corrected chi connectivity index (χ4v) is 2.11. The summed E-state index contributed by atoms with van der Waals surface area (Å²) in [6, 6.07) is 7.93. The Morgan fingerprint density at radius 3 is 2.44 bits per heavy atom. The van der Waals surface area contributed by atoms with Gasteiger partial charge in [-0.2, -0.15) is 0 Å². The molecule has 0 amide bonds. The van der Waals surface area contributed by atoms with Gasteiger partial charge in [0.25, 0.3) is 0 Å². The lowest BCUT2D eigenvalue weighted by molar-refractivity contribution is -0.136. The zero-order chi connectivity index (χ0) is 11.4. The highest BCUT2D eigenvalue weighted by atomic mass is 16.5. The second-order valence-corrected chi connectivity index (χ2v) is 4.20. The fourth-order valence-electron chi connectivity index (χ4n) is 2.11. The summed E-state index contributed by atoms with van der Waals surface area (Å²) >= 11 is 0. The predicted molar refractivity (Wildman–Crippen MR) is 60.6 cm³/mol. The lowest BCUT2D eigenvalue weighted by atomic mass is 9.91. The summed E-state index contributed by atoms with van der Waals surface area (Å²) in [5.74, 6) is -0.202. The quantitative estimate of drug-likeness (QED) is 0.849. The van der Waals surface area contributed by atoms with Gasteiger partial charge in [-0.15, -0.1) is 0 Å². The van der Waals surface area contributed by atoms with Crippen LogP contribution in [-0.4, -0.2) is 24.3 Å². The third-order valence-electron chi connectivity index (χ3n) is 3.03. The van der Waals surface area contributed by atoms with Gasteiger partial charge in [0.15, 0.2) is 0 Å². The molecular weight excluding hydrogens is 204 g/mol. The number of hydrogen-bond donors (Lipinski definition) is 1. The third kappa shape index (κ3) is 2.83. The van der Waals surface area contributed by atoms with Crippen LogP contribution in [-0.2, 0) is 16.0 Å². The van der Waals surface area contributed by atoms with Crippen LogP contribution >= 0.6 is 0 Å². The fraction of sp³-hybridized carbons (Fsp3) is 0.462. The monoisotopic (exact) mass is 220 g/mol. The number of aliphatic carboxylic acids is 1. The van der Waals surface area contributed by atoms with Crippen LogP contribution in [0.1, 0.15) is 29.9 Å². The van der Waals surface area contributed by atoms with Gasteiger partial charge >= 0.3 is 5.97 Å². The molecule has 1 aliphatic heterocycles. The van der Waals surface area contributed by atoms with Crippen LogP contribution in [0, 0.1) is 0 Å². The van der Waals surface area contributed by atoms with Crippen molar-refractivity contribution in [2.75, 3.05) is 13.2 Å². The second-order valence-electron chi connectivity index (χ2n) is 4.20. The summed E-state index contributed by atoms with van der Waals surface area (Å²) in [4.78, 5) is 10.5. The molecule has 1 N–H and O–H groups in total. The third-order valence-corrected chi connectivity index (χ3v) is 3.03. The number of carbonyl (C=O) groups is 1. The number of rotatable bonds is 3. The van der Waals surface area contributed by atoms with Crippen molar-refractivity contribution in [3.63, 3.8) is 0 Å². The van der Waals surface area contributed by atoms with Crippen LogP contribution in [0.15, 0.2) is 24.3 Å². The molecule has 0 spiro atoms. The molecule has 0 atom stereocenters. The second kappa shape index (κ2) is 5.12. The zero-order valence-corrected chi connectivity index (χ0v) is 9.19. The molecule has 1 saturated heterocycles. The molecule has 1 aromatic rings. The standard InChI is InChI=1S/C13H16O3/c14-13(15)9-10-1-3-11(4-2-10)12-5-7-16-8-6-12/h1-4,12H,5-9H2,(H,14,15). The topological polar surface area (TPSA) is 46.5 Å². The normalized spacial score (nSPS) is 17.2. The minimum atomic E-state index is -0.779. The molecule has 0 bridgehead atoms. The van der Waals surface area contributed by atoms with Crippen molar-refractivity contribution in [2.24, 2.45) is 0 Å². The Morgan fingerprint density at radius 1 is 1.25 bits per heavy atom. The van der Waals surface area contributed by atoms with Crippen LogP contribution < -0.4 is 0 Å². The Morgan fingerprint density at radius 2 is 1.88 bits per heavy atom. The first-order valence-corrected chi connectivity index (χ1v) is 5.64. The summed E-state index contributed by atoms with van der Waals surface area (Å²) in [6.07, 6.45) is 2.24. The first kappa shape index (κ1) is 11.1. The van der Waals surface area contributed by atoms with Crippen molar-refractivity contribution in [1.82, 2.24) is 0 Å². The van der Waals surface area contributed by atoms with Gasteiger partial charge in [0.05, 0.1) is 6.42 Å². The molecule has 0 aliphatic carbocycles. The lowest BCUT2D eigenvalue weighted by Gasteiger charge is -2.22. The van der Waals surface area contributed by atoms with Crippen molar-refractivity contribution in [3.05, 3.63) is 35.4 Å². The highest BCUT2D eigenvalue weighted by molar-refractivity contribution is 5.70. The Labute approximate surface area is 95.0 Å². The maximum absolute atomic E-state index is 10.5. The van der Waals surface area contributed by atoms with Crippen molar-refractivity contribution in [2.45, 2.75) is 25.2 Å². The number of carboxylic acid groups (broad SMARTS) is 1. The molecule has 0 saturated carbocycles. The van der Waals surface area contributed by atoms with E-state index >= 15 is 0 Å². The Hall–Kier alpha value is -1.35. The molecule has 1 aliphatic rings. The minimum Gasteiger partial charge on any atom is -0.481 e. The van der Waals surface area contributed by atoms with Crippen LogP contribution in [0.3, 0.4) is 0 Å². The highest BCUT2D eigenvalue weighted by Gasteiger charge is 2.15. The Kier molecular flexibility index (Phi) is 3.57. The van der Waals surface area contributed by atoms with Gasteiger partial charge in [0.1, 0.15) is 0 Å². The predicted octanol–water partition coefficient (Wildman–Crippen LogP) is 2.21. The molecule has 0 radical (unpaired) electrons. The molecule has 3 nitrogen and oxygen atoms in total. The van der Waals surface area contributed by atoms with E-state index in [0.29, 0.717) is 5.92 Å². The number of carboxylic acids is 1. The lowest BCUT2D eigenvalue weighted by Crippen LogP contribution is -2.14. The van der Waals surface area contributed by atoms with Gasteiger partial charge in [-0.05, 0) is 29.9 Å². The molecule has 3 heteroatoms. The van der Waals surface area contributed by atoms with Crippen molar-refractivity contribution >= 4 is 5.97 Å². The van der Waals surface area contributed by atoms with E-state index < -0.39 is 5.97 Å². The molecule has 86 valence electrons. The summed E-state index contributed by atoms with van der Waals surface area (Å²) in [5, 5.41) is 8.67. The highest BCUT2D eigenvalue weighted by Crippen LogP contribution is 2.26. The molecule has 1 heterocycles. The van der Waals surface area contributed by atoms with Crippen LogP contribution in [0.5, 0.6) is 0 Å². The van der Waals surface area contributed by atoms with Crippen LogP contribution in [0.2, 0.25) is 0 Å². The van der Waals surface area contributed by atoms with E-state index in [4.69, 9.17) is 9.84 Å². The summed E-state index contributed by atoms with van der Waals surface area (Å²) in [5.41, 5.74) is 2.17. The molecule has 16 heavy (non-hydrogen) atoms. The zero-order valence-electron chi connectivity index (χ0n) is 9.19. The molecule has 2 rings (SSSR count). The maximum atomic E-state index is 10.5. The Bertz CT molecular complexity index is 350. The van der Waals surface area contributed by atoms with E-state index in [0.717, 1.165) is 31.6 Å². The first-order valence-electron chi connectivity index (χ1n) is 5.64. The largest absolute Gasteiger partial charge is 0.481 e.